The number of carbonyl (C=O) groups is 1. The van der Waals surface area contributed by atoms with Crippen LogP contribution < -0.4 is 0 Å². The normalized spacial score (nSPS) is 23.2. The Bertz CT molecular complexity index is 703. The molecule has 1 N–H and O–H groups in total. The summed E-state index contributed by atoms with van der Waals surface area (Å²) in [6.45, 7) is 3.54. The summed E-state index contributed by atoms with van der Waals surface area (Å²) in [5.74, 6) is -0.339. The molecule has 0 radical (unpaired) electrons. The van der Waals surface area contributed by atoms with Crippen LogP contribution in [0.15, 0.2) is 12.4 Å². The molecule has 134 valence electrons. The molecule has 0 amide bonds. The molecule has 0 spiro atoms. The van der Waals surface area contributed by atoms with Crippen LogP contribution >= 0.6 is 0 Å². The van der Waals surface area contributed by atoms with Gasteiger partial charge >= 0.3 is 5.97 Å². The van der Waals surface area contributed by atoms with Gasteiger partial charge in [-0.1, -0.05) is 0 Å². The van der Waals surface area contributed by atoms with Crippen molar-refractivity contribution in [2.75, 3.05) is 39.4 Å². The molecule has 2 fully saturated rings. The van der Waals surface area contributed by atoms with Crippen LogP contribution in [0.2, 0.25) is 0 Å². The molecular formula is C14H22N4O5S. The third-order valence-corrected chi connectivity index (χ3v) is 6.89. The molecular weight excluding hydrogens is 336 g/mol. The highest BCUT2D eigenvalue weighted by Gasteiger charge is 2.46. The number of piperidine rings is 1. The third-order valence-electron chi connectivity index (χ3n) is 4.86. The summed E-state index contributed by atoms with van der Waals surface area (Å²) in [6.07, 6.45) is 3.64. The number of morpholine rings is 1. The van der Waals surface area contributed by atoms with E-state index in [4.69, 9.17) is 4.74 Å². The van der Waals surface area contributed by atoms with E-state index in [0.717, 1.165) is 0 Å². The quantitative estimate of drug-likeness (QED) is 0.788. The van der Waals surface area contributed by atoms with Crippen LogP contribution in [0.1, 0.15) is 18.7 Å². The molecule has 0 aromatic carbocycles. The molecule has 3 heterocycles. The topological polar surface area (TPSA) is 105 Å². The Labute approximate surface area is 141 Å². The molecule has 1 aromatic rings. The summed E-state index contributed by atoms with van der Waals surface area (Å²) in [5, 5.41) is 9.78. The van der Waals surface area contributed by atoms with Crippen molar-refractivity contribution in [3.8, 4) is 0 Å². The molecule has 0 saturated carbocycles. The molecule has 2 aliphatic rings. The smallest absolute Gasteiger partial charge is 0.330 e. The SMILES string of the molecule is Cc1nccn1C1(C(=O)O)CCN(S(=O)(=O)N2CCOCC2)CC1. The van der Waals surface area contributed by atoms with Crippen molar-refractivity contribution < 1.29 is 23.1 Å². The van der Waals surface area contributed by atoms with Gasteiger partial charge in [0, 0.05) is 38.6 Å². The average molecular weight is 358 g/mol. The average Bonchev–Trinajstić information content (AvgIpc) is 3.02. The monoisotopic (exact) mass is 358 g/mol. The summed E-state index contributed by atoms with van der Waals surface area (Å²) in [7, 11) is -3.57. The lowest BCUT2D eigenvalue weighted by atomic mass is 9.88. The molecule has 1 aromatic heterocycles. The van der Waals surface area contributed by atoms with E-state index >= 15 is 0 Å². The van der Waals surface area contributed by atoms with Gasteiger partial charge in [0.2, 0.25) is 0 Å². The second-order valence-electron chi connectivity index (χ2n) is 6.10. The summed E-state index contributed by atoms with van der Waals surface area (Å²) in [6, 6.07) is 0. The Morgan fingerprint density at radius 3 is 2.29 bits per heavy atom. The van der Waals surface area contributed by atoms with Crippen LogP contribution in [0.3, 0.4) is 0 Å². The zero-order chi connectivity index (χ0) is 17.4. The number of carboxylic acids is 1. The highest BCUT2D eigenvalue weighted by molar-refractivity contribution is 7.86. The van der Waals surface area contributed by atoms with Crippen molar-refractivity contribution in [3.63, 3.8) is 0 Å². The highest BCUT2D eigenvalue weighted by Crippen LogP contribution is 2.33. The number of hydrogen-bond donors (Lipinski definition) is 1. The zero-order valence-electron chi connectivity index (χ0n) is 13.6. The minimum atomic E-state index is -3.57. The molecule has 9 nitrogen and oxygen atoms in total. The van der Waals surface area contributed by atoms with E-state index in [1.165, 1.54) is 8.61 Å². The van der Waals surface area contributed by atoms with Gasteiger partial charge in [-0.15, -0.1) is 0 Å². The van der Waals surface area contributed by atoms with E-state index in [2.05, 4.69) is 4.98 Å². The summed E-state index contributed by atoms with van der Waals surface area (Å²) in [5.41, 5.74) is -1.14. The molecule has 2 aliphatic heterocycles. The fourth-order valence-corrected chi connectivity index (χ4v) is 5.00. The number of hydrogen-bond acceptors (Lipinski definition) is 5. The van der Waals surface area contributed by atoms with Crippen LogP contribution in [0.25, 0.3) is 0 Å². The van der Waals surface area contributed by atoms with E-state index in [-0.39, 0.29) is 25.9 Å². The zero-order valence-corrected chi connectivity index (χ0v) is 14.4. The molecule has 3 rings (SSSR count). The van der Waals surface area contributed by atoms with E-state index in [9.17, 15) is 18.3 Å². The number of carboxylic acid groups (broad SMARTS) is 1. The standard InChI is InChI=1S/C14H22N4O5S/c1-12-15-4-7-18(12)14(13(19)20)2-5-16(6-3-14)24(21,22)17-8-10-23-11-9-17/h4,7H,2-3,5-6,8-11H2,1H3,(H,19,20). The molecule has 24 heavy (non-hydrogen) atoms. The van der Waals surface area contributed by atoms with Crippen LogP contribution in [0, 0.1) is 6.92 Å². The lowest BCUT2D eigenvalue weighted by molar-refractivity contribution is -0.150. The number of aliphatic carboxylic acids is 1. The molecule has 2 saturated heterocycles. The maximum absolute atomic E-state index is 12.7. The first-order chi connectivity index (χ1) is 11.4. The summed E-state index contributed by atoms with van der Waals surface area (Å²) >= 11 is 0. The minimum Gasteiger partial charge on any atom is -0.479 e. The Kier molecular flexibility index (Phi) is 4.65. The predicted octanol–water partition coefficient (Wildman–Crippen LogP) is -0.356. The number of imidazole rings is 1. The fraction of sp³-hybridized carbons (Fsp3) is 0.714. The van der Waals surface area contributed by atoms with Crippen molar-refractivity contribution in [2.45, 2.75) is 25.3 Å². The Morgan fingerprint density at radius 1 is 1.21 bits per heavy atom. The van der Waals surface area contributed by atoms with Crippen LogP contribution in [0.4, 0.5) is 0 Å². The molecule has 0 unspecified atom stereocenters. The summed E-state index contributed by atoms with van der Waals surface area (Å²) in [4.78, 5) is 16.0. The number of rotatable bonds is 4. The molecule has 10 heteroatoms. The van der Waals surface area contributed by atoms with Gasteiger partial charge in [0.15, 0.2) is 0 Å². The Balaban J connectivity index is 1.79. The largest absolute Gasteiger partial charge is 0.479 e. The van der Waals surface area contributed by atoms with Crippen molar-refractivity contribution >= 4 is 16.2 Å². The van der Waals surface area contributed by atoms with Crippen molar-refractivity contribution in [3.05, 3.63) is 18.2 Å². The fourth-order valence-electron chi connectivity index (χ4n) is 3.42. The minimum absolute atomic E-state index is 0.170. The van der Waals surface area contributed by atoms with E-state index in [0.29, 0.717) is 32.1 Å². The van der Waals surface area contributed by atoms with Crippen molar-refractivity contribution in [1.82, 2.24) is 18.2 Å². The van der Waals surface area contributed by atoms with Gasteiger partial charge in [-0.05, 0) is 19.8 Å². The predicted molar refractivity (Wildman–Crippen MR) is 84.7 cm³/mol. The maximum Gasteiger partial charge on any atom is 0.330 e. The highest BCUT2D eigenvalue weighted by atomic mass is 32.2. The third kappa shape index (κ3) is 2.83. The lowest BCUT2D eigenvalue weighted by Gasteiger charge is -2.41. The van der Waals surface area contributed by atoms with Crippen molar-refractivity contribution in [1.29, 1.82) is 0 Å². The molecule has 0 aliphatic carbocycles. The Hall–Kier alpha value is -1.49. The maximum atomic E-state index is 12.7. The number of aryl methyl sites for hydroxylation is 1. The van der Waals surface area contributed by atoms with Gasteiger partial charge in [-0.3, -0.25) is 0 Å². The van der Waals surface area contributed by atoms with Gasteiger partial charge in [0.25, 0.3) is 10.2 Å². The van der Waals surface area contributed by atoms with Gasteiger partial charge in [-0.2, -0.15) is 17.0 Å². The van der Waals surface area contributed by atoms with Crippen molar-refractivity contribution in [2.24, 2.45) is 0 Å². The summed E-state index contributed by atoms with van der Waals surface area (Å²) < 4.78 is 35.0. The van der Waals surface area contributed by atoms with Crippen LogP contribution in [-0.4, -0.2) is 77.0 Å². The number of ether oxygens (including phenoxy) is 1. The Morgan fingerprint density at radius 2 is 1.79 bits per heavy atom. The first-order valence-corrected chi connectivity index (χ1v) is 9.34. The van der Waals surface area contributed by atoms with E-state index < -0.39 is 21.7 Å². The molecule has 0 bridgehead atoms. The van der Waals surface area contributed by atoms with Gasteiger partial charge in [0.1, 0.15) is 11.4 Å². The van der Waals surface area contributed by atoms with E-state index in [1.807, 2.05) is 0 Å². The molecule has 0 atom stereocenters. The van der Waals surface area contributed by atoms with Crippen LogP contribution in [0.5, 0.6) is 0 Å². The van der Waals surface area contributed by atoms with Gasteiger partial charge < -0.3 is 14.4 Å². The second-order valence-corrected chi connectivity index (χ2v) is 8.03. The number of nitrogens with zero attached hydrogens (tertiary/aromatic N) is 4. The number of aromatic nitrogens is 2. The first-order valence-electron chi connectivity index (χ1n) is 7.95. The lowest BCUT2D eigenvalue weighted by Crippen LogP contribution is -2.56. The van der Waals surface area contributed by atoms with Gasteiger partial charge in [-0.25, -0.2) is 9.78 Å². The van der Waals surface area contributed by atoms with Crippen LogP contribution in [-0.2, 0) is 25.3 Å². The second kappa shape index (κ2) is 6.43. The van der Waals surface area contributed by atoms with Gasteiger partial charge in [0.05, 0.1) is 13.2 Å². The van der Waals surface area contributed by atoms with E-state index in [1.54, 1.807) is 23.9 Å². The first kappa shape index (κ1) is 17.3.